The number of hydrogen-bond donors (Lipinski definition) is 3. The van der Waals surface area contributed by atoms with Gasteiger partial charge in [-0.3, -0.25) is 4.79 Å². The highest BCUT2D eigenvalue weighted by Gasteiger charge is 2.14. The molecule has 0 aliphatic carbocycles. The summed E-state index contributed by atoms with van der Waals surface area (Å²) in [5.41, 5.74) is 0.523. The molecule has 10 heteroatoms. The lowest BCUT2D eigenvalue weighted by Gasteiger charge is -2.06. The summed E-state index contributed by atoms with van der Waals surface area (Å²) in [5, 5.41) is 15.4. The molecular formula is C10H12N6O3S. The third kappa shape index (κ3) is 3.59. The highest BCUT2D eigenvalue weighted by molar-refractivity contribution is 7.89. The Bertz CT molecular complexity index is 680. The van der Waals surface area contributed by atoms with Gasteiger partial charge in [0.15, 0.2) is 5.82 Å². The first-order chi connectivity index (χ1) is 9.47. The zero-order chi connectivity index (χ0) is 14.6. The number of sulfonamides is 1. The van der Waals surface area contributed by atoms with E-state index in [4.69, 9.17) is 0 Å². The van der Waals surface area contributed by atoms with Crippen LogP contribution in [0.15, 0.2) is 29.2 Å². The number of aromatic nitrogens is 4. The Balaban J connectivity index is 2.07. The quantitative estimate of drug-likeness (QED) is 0.690. The van der Waals surface area contributed by atoms with Crippen LogP contribution in [-0.4, -0.2) is 34.9 Å². The maximum Gasteiger partial charge on any atom is 0.240 e. The van der Waals surface area contributed by atoms with E-state index in [9.17, 15) is 13.2 Å². The molecule has 0 fully saturated rings. The Morgan fingerprint density at radius 3 is 2.55 bits per heavy atom. The van der Waals surface area contributed by atoms with Crippen molar-refractivity contribution < 1.29 is 13.2 Å². The number of anilines is 1. The molecule has 0 bridgehead atoms. The lowest BCUT2D eigenvalue weighted by Crippen LogP contribution is -2.23. The van der Waals surface area contributed by atoms with Crippen LogP contribution in [0.5, 0.6) is 0 Å². The van der Waals surface area contributed by atoms with Crippen LogP contribution < -0.4 is 10.0 Å². The minimum Gasteiger partial charge on any atom is -0.326 e. The number of benzene rings is 1. The van der Waals surface area contributed by atoms with Gasteiger partial charge in [-0.1, -0.05) is 5.21 Å². The number of hydrogen-bond acceptors (Lipinski definition) is 6. The van der Waals surface area contributed by atoms with Crippen molar-refractivity contribution in [3.8, 4) is 0 Å². The number of nitrogens with zero attached hydrogens (tertiary/aromatic N) is 3. The second kappa shape index (κ2) is 5.75. The molecule has 9 nitrogen and oxygen atoms in total. The fourth-order valence-corrected chi connectivity index (χ4v) is 2.40. The average Bonchev–Trinajstić information content (AvgIpc) is 2.89. The summed E-state index contributed by atoms with van der Waals surface area (Å²) in [6.45, 7) is 1.31. The minimum absolute atomic E-state index is 0.0632. The van der Waals surface area contributed by atoms with Crippen LogP contribution in [0.1, 0.15) is 12.7 Å². The van der Waals surface area contributed by atoms with Crippen molar-refractivity contribution in [1.82, 2.24) is 25.3 Å². The summed E-state index contributed by atoms with van der Waals surface area (Å²) in [7, 11) is -3.67. The van der Waals surface area contributed by atoms with Gasteiger partial charge in [0.1, 0.15) is 0 Å². The molecule has 1 heterocycles. The fourth-order valence-electron chi connectivity index (χ4n) is 1.42. The minimum atomic E-state index is -3.67. The second-order valence-electron chi connectivity index (χ2n) is 3.86. The summed E-state index contributed by atoms with van der Waals surface area (Å²) in [4.78, 5) is 10.9. The van der Waals surface area contributed by atoms with Gasteiger partial charge < -0.3 is 5.32 Å². The van der Waals surface area contributed by atoms with Crippen LogP contribution in [0, 0.1) is 0 Å². The zero-order valence-corrected chi connectivity index (χ0v) is 11.3. The molecule has 106 valence electrons. The van der Waals surface area contributed by atoms with Crippen molar-refractivity contribution in [3.63, 3.8) is 0 Å². The number of nitrogens with one attached hydrogen (secondary N) is 3. The highest BCUT2D eigenvalue weighted by atomic mass is 32.2. The smallest absolute Gasteiger partial charge is 0.240 e. The number of carbonyl (C=O) groups is 1. The van der Waals surface area contributed by atoms with Crippen molar-refractivity contribution in [2.45, 2.75) is 18.4 Å². The highest BCUT2D eigenvalue weighted by Crippen LogP contribution is 2.14. The molecule has 2 rings (SSSR count). The van der Waals surface area contributed by atoms with Crippen molar-refractivity contribution >= 4 is 21.6 Å². The Morgan fingerprint density at radius 1 is 1.30 bits per heavy atom. The second-order valence-corrected chi connectivity index (χ2v) is 5.63. The number of rotatable bonds is 5. The largest absolute Gasteiger partial charge is 0.326 e. The van der Waals surface area contributed by atoms with Gasteiger partial charge in [0.2, 0.25) is 15.9 Å². The molecule has 1 aromatic carbocycles. The Morgan fingerprint density at radius 2 is 2.00 bits per heavy atom. The number of amides is 1. The van der Waals surface area contributed by atoms with Gasteiger partial charge in [-0.25, -0.2) is 13.1 Å². The Kier molecular flexibility index (Phi) is 4.05. The summed E-state index contributed by atoms with van der Waals surface area (Å²) in [6.07, 6.45) is 0. The van der Waals surface area contributed by atoms with E-state index in [0.29, 0.717) is 5.69 Å². The van der Waals surface area contributed by atoms with Crippen LogP contribution in [0.4, 0.5) is 5.69 Å². The van der Waals surface area contributed by atoms with E-state index in [1.807, 2.05) is 0 Å². The van der Waals surface area contributed by atoms with E-state index in [1.165, 1.54) is 31.2 Å². The van der Waals surface area contributed by atoms with Crippen molar-refractivity contribution in [1.29, 1.82) is 0 Å². The summed E-state index contributed by atoms with van der Waals surface area (Å²) < 4.78 is 26.3. The molecule has 3 N–H and O–H groups in total. The number of tetrazole rings is 1. The summed E-state index contributed by atoms with van der Waals surface area (Å²) in [6, 6.07) is 5.79. The van der Waals surface area contributed by atoms with E-state index >= 15 is 0 Å². The predicted octanol–water partition coefficient (Wildman–Crippen LogP) is -0.363. The topological polar surface area (TPSA) is 130 Å². The molecule has 0 radical (unpaired) electrons. The molecule has 0 spiro atoms. The average molecular weight is 296 g/mol. The van der Waals surface area contributed by atoms with Crippen LogP contribution in [0.2, 0.25) is 0 Å². The number of aromatic amines is 1. The van der Waals surface area contributed by atoms with Gasteiger partial charge >= 0.3 is 0 Å². The van der Waals surface area contributed by atoms with Crippen LogP contribution in [-0.2, 0) is 21.4 Å². The lowest BCUT2D eigenvalue weighted by molar-refractivity contribution is -0.114. The lowest BCUT2D eigenvalue weighted by atomic mass is 10.3. The van der Waals surface area contributed by atoms with E-state index in [1.54, 1.807) is 0 Å². The van der Waals surface area contributed by atoms with E-state index < -0.39 is 10.0 Å². The van der Waals surface area contributed by atoms with E-state index in [0.717, 1.165) is 0 Å². The Labute approximate surface area is 114 Å². The summed E-state index contributed by atoms with van der Waals surface area (Å²) >= 11 is 0. The van der Waals surface area contributed by atoms with Gasteiger partial charge in [0.05, 0.1) is 11.4 Å². The maximum atomic E-state index is 12.0. The van der Waals surface area contributed by atoms with Crippen LogP contribution in [0.25, 0.3) is 0 Å². The first-order valence-corrected chi connectivity index (χ1v) is 7.05. The third-order valence-corrected chi connectivity index (χ3v) is 3.71. The van der Waals surface area contributed by atoms with Crippen LogP contribution in [0.3, 0.4) is 0 Å². The molecule has 0 unspecified atom stereocenters. The van der Waals surface area contributed by atoms with Crippen molar-refractivity contribution in [2.75, 3.05) is 5.32 Å². The molecule has 0 saturated carbocycles. The van der Waals surface area contributed by atoms with Crippen LogP contribution >= 0.6 is 0 Å². The van der Waals surface area contributed by atoms with Gasteiger partial charge in [-0.05, 0) is 24.3 Å². The van der Waals surface area contributed by atoms with E-state index in [-0.39, 0.29) is 23.2 Å². The molecule has 2 aromatic rings. The van der Waals surface area contributed by atoms with Crippen molar-refractivity contribution in [3.05, 3.63) is 30.1 Å². The monoisotopic (exact) mass is 296 g/mol. The number of H-pyrrole nitrogens is 1. The van der Waals surface area contributed by atoms with Gasteiger partial charge in [0, 0.05) is 12.6 Å². The molecule has 0 atom stereocenters. The zero-order valence-electron chi connectivity index (χ0n) is 10.5. The molecule has 1 amide bonds. The van der Waals surface area contributed by atoms with Gasteiger partial charge in [-0.2, -0.15) is 5.21 Å². The predicted molar refractivity (Wildman–Crippen MR) is 68.9 cm³/mol. The van der Waals surface area contributed by atoms with Crippen molar-refractivity contribution in [2.24, 2.45) is 0 Å². The fraction of sp³-hybridized carbons (Fsp3) is 0.200. The molecule has 20 heavy (non-hydrogen) atoms. The summed E-state index contributed by atoms with van der Waals surface area (Å²) in [5.74, 6) is 0.0132. The van der Waals surface area contributed by atoms with E-state index in [2.05, 4.69) is 30.7 Å². The molecule has 0 aliphatic heterocycles. The Hall–Kier alpha value is -2.33. The first kappa shape index (κ1) is 14.1. The maximum absolute atomic E-state index is 12.0. The third-order valence-electron chi connectivity index (χ3n) is 2.29. The first-order valence-electron chi connectivity index (χ1n) is 5.57. The van der Waals surface area contributed by atoms with Gasteiger partial charge in [-0.15, -0.1) is 10.2 Å². The molecule has 0 saturated heterocycles. The molecule has 1 aromatic heterocycles. The number of carbonyl (C=O) groups excluding carboxylic acids is 1. The molecule has 0 aliphatic rings. The van der Waals surface area contributed by atoms with Gasteiger partial charge in [0.25, 0.3) is 0 Å². The standard InChI is InChI=1S/C10H12N6O3S/c1-7(17)12-8-2-4-9(5-3-8)20(18,19)11-6-10-13-15-16-14-10/h2-5,11H,6H2,1H3,(H,12,17)(H,13,14,15,16). The molecular weight excluding hydrogens is 284 g/mol. The SMILES string of the molecule is CC(=O)Nc1ccc(S(=O)(=O)NCc2nn[nH]n2)cc1. The normalized spacial score (nSPS) is 11.2.